The van der Waals surface area contributed by atoms with Crippen molar-refractivity contribution in [3.8, 4) is 0 Å². The highest BCUT2D eigenvalue weighted by molar-refractivity contribution is 6.39. The van der Waals surface area contributed by atoms with E-state index in [2.05, 4.69) is 0 Å². The van der Waals surface area contributed by atoms with Gasteiger partial charge in [-0.25, -0.2) is 28.3 Å². The standard InChI is InChI=1S/C53H80N4O12/c1-29-21-38-15-19-45(59)40(26-38)27-39(37(9)58)23-34(6)47(61)36(8)46(60)33(5)22-32(4)43-18-16-41(56-51(65)54(10)52(66)57(43)56)24-30(2)31(3)25-42-17-14-35(7)53(67,69-42)48(62)49(63)55-20-12-11-13-44(55)50(64)68-28-29/h16,18,23-24,29,31-33,35-36,38-45,47,59,61,67H,11-15,17,19-22,25-28H2,1-10H3/t29-,31+,32+,33-,35-,36+,38+,39?,40+,41?,42+,43?,44+,45-,47-,53-/m1/s1. The molecule has 4 aliphatic heterocycles. The molecule has 16 heteroatoms. The number of aliphatic hydroxyl groups excluding tert-OH is 2. The minimum Gasteiger partial charge on any atom is -0.464 e. The van der Waals surface area contributed by atoms with E-state index in [0.29, 0.717) is 76.2 Å². The van der Waals surface area contributed by atoms with Gasteiger partial charge < -0.3 is 29.7 Å². The average molecular weight is 965 g/mol. The zero-order valence-electron chi connectivity index (χ0n) is 42.7. The zero-order valence-corrected chi connectivity index (χ0v) is 42.7. The Morgan fingerprint density at radius 1 is 0.768 bits per heavy atom. The summed E-state index contributed by atoms with van der Waals surface area (Å²) in [6, 6.07) is -2.18. The first kappa shape index (κ1) is 54.1. The van der Waals surface area contributed by atoms with Crippen LogP contribution in [0.4, 0.5) is 0 Å². The molecule has 3 unspecified atom stereocenters. The number of carbonyl (C=O) groups excluding carboxylic acids is 5. The summed E-state index contributed by atoms with van der Waals surface area (Å²) >= 11 is 0. The van der Waals surface area contributed by atoms with Gasteiger partial charge in [0.25, 0.3) is 11.7 Å². The van der Waals surface area contributed by atoms with Crippen LogP contribution >= 0.6 is 0 Å². The third-order valence-corrected chi connectivity index (χ3v) is 16.6. The number of cyclic esters (lactones) is 1. The Hall–Kier alpha value is -4.25. The first-order valence-corrected chi connectivity index (χ1v) is 25.7. The minimum atomic E-state index is -2.41. The maximum absolute atomic E-state index is 14.1. The highest BCUT2D eigenvalue weighted by Crippen LogP contribution is 2.40. The van der Waals surface area contributed by atoms with Gasteiger partial charge in [0.15, 0.2) is 0 Å². The number of rotatable bonds is 1. The molecule has 1 aliphatic carbocycles. The van der Waals surface area contributed by atoms with Gasteiger partial charge in [0.2, 0.25) is 5.79 Å². The van der Waals surface area contributed by atoms with Crippen LogP contribution in [0.5, 0.6) is 0 Å². The predicted molar refractivity (Wildman–Crippen MR) is 259 cm³/mol. The number of allylic oxidation sites excluding steroid dienone is 5. The van der Waals surface area contributed by atoms with Crippen LogP contribution in [0.15, 0.2) is 45.0 Å². The van der Waals surface area contributed by atoms with Gasteiger partial charge in [-0.1, -0.05) is 71.4 Å². The molecule has 0 aromatic carbocycles. The van der Waals surface area contributed by atoms with Gasteiger partial charge in [-0.2, -0.15) is 0 Å². The summed E-state index contributed by atoms with van der Waals surface area (Å²) in [5, 5.41) is 34.7. The van der Waals surface area contributed by atoms with Crippen molar-refractivity contribution in [2.45, 2.75) is 182 Å². The van der Waals surface area contributed by atoms with Crippen molar-refractivity contribution in [1.29, 1.82) is 0 Å². The fourth-order valence-corrected chi connectivity index (χ4v) is 12.0. The molecule has 16 nitrogen and oxygen atoms in total. The highest BCUT2D eigenvalue weighted by atomic mass is 16.6. The minimum absolute atomic E-state index is 0.0596. The summed E-state index contributed by atoms with van der Waals surface area (Å²) < 4.78 is 16.0. The summed E-state index contributed by atoms with van der Waals surface area (Å²) in [7, 11) is 1.43. The molecule has 1 amide bonds. The molecule has 3 fully saturated rings. The van der Waals surface area contributed by atoms with Crippen molar-refractivity contribution in [3.05, 3.63) is 56.4 Å². The molecule has 0 radical (unpaired) electrons. The molecule has 69 heavy (non-hydrogen) atoms. The van der Waals surface area contributed by atoms with Crippen molar-refractivity contribution in [3.63, 3.8) is 0 Å². The molecule has 0 spiro atoms. The molecule has 3 N–H and O–H groups in total. The Balaban J connectivity index is 1.30. The second kappa shape index (κ2) is 22.4. The number of ketones is 3. The molecule has 1 saturated carbocycles. The lowest BCUT2D eigenvalue weighted by Gasteiger charge is -2.42. The number of fused-ring (bicyclic) bond motifs is 10. The van der Waals surface area contributed by atoms with E-state index in [1.54, 1.807) is 33.8 Å². The smallest absolute Gasteiger partial charge is 0.347 e. The van der Waals surface area contributed by atoms with Gasteiger partial charge in [-0.15, -0.1) is 0 Å². The van der Waals surface area contributed by atoms with Crippen LogP contribution in [-0.4, -0.2) is 107 Å². The normalized spacial score (nSPS) is 38.6. The van der Waals surface area contributed by atoms with Crippen molar-refractivity contribution < 1.29 is 48.8 Å². The van der Waals surface area contributed by atoms with E-state index < -0.39 is 94.9 Å². The SMILES string of the molecule is CC(=O)C1C=C(C)[C@@H](O)[C@@H](C)C(=O)[C@H](C)C[C@H](C)C2C=CC(C=C(C)[C@@H](C)C[C@@H]3CC[C@@H](C)[C@@](O)(O3)C(=O)C(=O)N3CCCC[C@H]3C(=O)OC[C@H](C)C[C@@H]3CC[C@@H](O)[C@H](C1)C3)n1c(=O)n(C)c(=O)n12. The largest absolute Gasteiger partial charge is 0.464 e. The molecule has 6 bridgehead atoms. The van der Waals surface area contributed by atoms with E-state index in [9.17, 15) is 48.9 Å². The molecule has 16 atom stereocenters. The monoisotopic (exact) mass is 965 g/mol. The number of carbonyl (C=O) groups is 5. The Morgan fingerprint density at radius 3 is 2.16 bits per heavy atom. The van der Waals surface area contributed by atoms with Crippen LogP contribution in [-0.2, 0) is 40.5 Å². The summed E-state index contributed by atoms with van der Waals surface area (Å²) in [6.45, 7) is 16.4. The molecule has 2 saturated heterocycles. The van der Waals surface area contributed by atoms with Gasteiger partial charge in [-0.3, -0.25) is 19.2 Å². The number of aliphatic hydroxyl groups is 3. The summed E-state index contributed by atoms with van der Waals surface area (Å²) in [5.41, 5.74) is 0.370. The van der Waals surface area contributed by atoms with Gasteiger partial charge in [0.1, 0.15) is 17.6 Å². The first-order chi connectivity index (χ1) is 32.4. The van der Waals surface area contributed by atoms with E-state index in [0.717, 1.165) is 16.6 Å². The van der Waals surface area contributed by atoms with E-state index in [-0.39, 0.29) is 54.3 Å². The zero-order chi connectivity index (χ0) is 50.8. The Morgan fingerprint density at radius 2 is 1.46 bits per heavy atom. The first-order valence-electron chi connectivity index (χ1n) is 25.7. The van der Waals surface area contributed by atoms with Gasteiger partial charge in [-0.05, 0) is 133 Å². The Bertz CT molecular complexity index is 2290. The van der Waals surface area contributed by atoms with E-state index in [4.69, 9.17) is 9.47 Å². The number of nitrogens with zero attached hydrogens (tertiary/aromatic N) is 4. The number of esters is 1. The maximum Gasteiger partial charge on any atom is 0.347 e. The maximum atomic E-state index is 14.1. The quantitative estimate of drug-likeness (QED) is 0.179. The number of piperidine rings is 1. The molecule has 1 aromatic heterocycles. The van der Waals surface area contributed by atoms with Crippen LogP contribution < -0.4 is 11.4 Å². The number of hydrogen-bond donors (Lipinski definition) is 3. The summed E-state index contributed by atoms with van der Waals surface area (Å²) in [5.74, 6) is -8.53. The third-order valence-electron chi connectivity index (χ3n) is 16.6. The molecule has 6 rings (SSSR count). The summed E-state index contributed by atoms with van der Waals surface area (Å²) in [4.78, 5) is 97.8. The summed E-state index contributed by atoms with van der Waals surface area (Å²) in [6.07, 6.45) is 11.3. The lowest BCUT2D eigenvalue weighted by molar-refractivity contribution is -0.264. The molecule has 1 aromatic rings. The van der Waals surface area contributed by atoms with Gasteiger partial charge >= 0.3 is 17.3 Å². The van der Waals surface area contributed by atoms with Gasteiger partial charge in [0.05, 0.1) is 37.0 Å². The van der Waals surface area contributed by atoms with Crippen LogP contribution in [0.2, 0.25) is 0 Å². The van der Waals surface area contributed by atoms with Crippen molar-refractivity contribution in [2.24, 2.45) is 60.3 Å². The van der Waals surface area contributed by atoms with Crippen molar-refractivity contribution in [2.75, 3.05) is 13.2 Å². The van der Waals surface area contributed by atoms with E-state index >= 15 is 0 Å². The molecular weight excluding hydrogens is 885 g/mol. The third kappa shape index (κ3) is 11.8. The molecule has 384 valence electrons. The fourth-order valence-electron chi connectivity index (χ4n) is 12.0. The number of ether oxygens (including phenoxy) is 2. The molecular formula is C53H80N4O12. The van der Waals surface area contributed by atoms with Crippen LogP contribution in [0, 0.1) is 53.3 Å². The van der Waals surface area contributed by atoms with Gasteiger partial charge in [0, 0.05) is 37.3 Å². The van der Waals surface area contributed by atoms with Crippen LogP contribution in [0.3, 0.4) is 0 Å². The molecule has 5 aliphatic rings. The van der Waals surface area contributed by atoms with E-state index in [1.165, 1.54) is 28.2 Å². The van der Waals surface area contributed by atoms with E-state index in [1.807, 2.05) is 45.9 Å². The second-order valence-corrected chi connectivity index (χ2v) is 22.1. The van der Waals surface area contributed by atoms with Crippen molar-refractivity contribution >= 4 is 29.2 Å². The van der Waals surface area contributed by atoms with Crippen LogP contribution in [0.1, 0.15) is 151 Å². The van der Waals surface area contributed by atoms with Crippen LogP contribution in [0.25, 0.3) is 0 Å². The Labute approximate surface area is 407 Å². The molecule has 5 heterocycles. The fraction of sp³-hybridized carbons (Fsp3) is 0.755. The number of aromatic nitrogens is 3. The number of amides is 1. The second-order valence-electron chi connectivity index (χ2n) is 22.1. The number of Topliss-reactive ketones (excluding diaryl/α,β-unsaturated/α-hetero) is 3. The lowest BCUT2D eigenvalue weighted by Crippen LogP contribution is -2.60. The average Bonchev–Trinajstić information content (AvgIpc) is 3.54. The lowest BCUT2D eigenvalue weighted by atomic mass is 9.72. The number of hydrogen-bond acceptors (Lipinski definition) is 12. The highest BCUT2D eigenvalue weighted by Gasteiger charge is 2.53. The topological polar surface area (TPSA) is 217 Å². The predicted octanol–water partition coefficient (Wildman–Crippen LogP) is 5.56. The van der Waals surface area contributed by atoms with Crippen molar-refractivity contribution in [1.82, 2.24) is 18.8 Å². The Kier molecular flexibility index (Phi) is 17.6.